The Balaban J connectivity index is 2.07. The summed E-state index contributed by atoms with van der Waals surface area (Å²) in [7, 11) is 0. The van der Waals surface area contributed by atoms with Gasteiger partial charge in [0.25, 0.3) is 0 Å². The lowest BCUT2D eigenvalue weighted by Crippen LogP contribution is -2.31. The average molecular weight is 301 g/mol. The highest BCUT2D eigenvalue weighted by molar-refractivity contribution is 5.79. The van der Waals surface area contributed by atoms with Crippen molar-refractivity contribution in [1.29, 1.82) is 0 Å². The molecular formula is C13H14F3N3O2. The van der Waals surface area contributed by atoms with Crippen molar-refractivity contribution in [3.8, 4) is 0 Å². The van der Waals surface area contributed by atoms with Crippen LogP contribution in [-0.2, 0) is 17.5 Å². The van der Waals surface area contributed by atoms with Gasteiger partial charge in [0, 0.05) is 5.69 Å². The van der Waals surface area contributed by atoms with E-state index in [0.29, 0.717) is 5.76 Å². The highest BCUT2D eigenvalue weighted by Crippen LogP contribution is 2.29. The molecule has 1 N–H and O–H groups in total. The summed E-state index contributed by atoms with van der Waals surface area (Å²) in [4.78, 5) is 12.0. The molecule has 2 aromatic heterocycles. The highest BCUT2D eigenvalue weighted by Gasteiger charge is 2.35. The topological polar surface area (TPSA) is 60.1 Å². The van der Waals surface area contributed by atoms with Gasteiger partial charge in [-0.2, -0.15) is 18.3 Å². The van der Waals surface area contributed by atoms with Crippen LogP contribution in [0.1, 0.15) is 30.1 Å². The fourth-order valence-corrected chi connectivity index (χ4v) is 1.86. The summed E-state index contributed by atoms with van der Waals surface area (Å²) in [5.41, 5.74) is -0.742. The van der Waals surface area contributed by atoms with E-state index in [-0.39, 0.29) is 12.2 Å². The molecule has 1 atom stereocenters. The maximum absolute atomic E-state index is 12.6. The van der Waals surface area contributed by atoms with Gasteiger partial charge in [-0.25, -0.2) is 0 Å². The van der Waals surface area contributed by atoms with Gasteiger partial charge in [-0.1, -0.05) is 0 Å². The molecule has 2 aromatic rings. The summed E-state index contributed by atoms with van der Waals surface area (Å²) < 4.78 is 43.9. The van der Waals surface area contributed by atoms with Crippen LogP contribution in [0.25, 0.3) is 0 Å². The molecule has 0 fully saturated rings. The van der Waals surface area contributed by atoms with E-state index in [0.717, 1.165) is 10.7 Å². The molecule has 0 spiro atoms. The Hall–Kier alpha value is -2.25. The van der Waals surface area contributed by atoms with E-state index in [9.17, 15) is 18.0 Å². The van der Waals surface area contributed by atoms with Gasteiger partial charge in [0.1, 0.15) is 11.8 Å². The van der Waals surface area contributed by atoms with E-state index in [1.54, 1.807) is 12.1 Å². The second-order valence-corrected chi connectivity index (χ2v) is 4.59. The number of amides is 1. The summed E-state index contributed by atoms with van der Waals surface area (Å²) in [6.07, 6.45) is -3.06. The number of carbonyl (C=O) groups excluding carboxylic acids is 1. The van der Waals surface area contributed by atoms with Gasteiger partial charge in [0.15, 0.2) is 5.69 Å². The number of furan rings is 1. The maximum Gasteiger partial charge on any atom is 0.435 e. The van der Waals surface area contributed by atoms with Gasteiger partial charge in [-0.15, -0.1) is 0 Å². The molecule has 1 unspecified atom stereocenters. The molecule has 2 rings (SSSR count). The van der Waals surface area contributed by atoms with E-state index in [4.69, 9.17) is 4.42 Å². The van der Waals surface area contributed by atoms with Crippen LogP contribution in [0, 0.1) is 6.92 Å². The van der Waals surface area contributed by atoms with Crippen LogP contribution in [0.2, 0.25) is 0 Å². The second-order valence-electron chi connectivity index (χ2n) is 4.59. The quantitative estimate of drug-likeness (QED) is 0.944. The molecule has 5 nitrogen and oxygen atoms in total. The van der Waals surface area contributed by atoms with Gasteiger partial charge in [0.2, 0.25) is 5.91 Å². The largest absolute Gasteiger partial charge is 0.467 e. The third-order valence-electron chi connectivity index (χ3n) is 2.98. The third-order valence-corrected chi connectivity index (χ3v) is 2.98. The van der Waals surface area contributed by atoms with Crippen LogP contribution < -0.4 is 5.32 Å². The zero-order chi connectivity index (χ0) is 15.6. The minimum absolute atomic E-state index is 0.169. The molecule has 1 amide bonds. The zero-order valence-corrected chi connectivity index (χ0v) is 11.4. The van der Waals surface area contributed by atoms with E-state index >= 15 is 0 Å². The zero-order valence-electron chi connectivity index (χ0n) is 11.4. The van der Waals surface area contributed by atoms with Crippen molar-refractivity contribution >= 4 is 5.91 Å². The number of rotatable bonds is 4. The van der Waals surface area contributed by atoms with Gasteiger partial charge in [-0.05, 0) is 32.0 Å². The standard InChI is InChI=1S/C13H14F3N3O2/c1-8-6-11(13(14,15)16)18-19(8)9(2)12(20)17-7-10-4-3-5-21-10/h3-6,9H,7H2,1-2H3,(H,17,20). The van der Waals surface area contributed by atoms with E-state index in [1.165, 1.54) is 20.1 Å². The molecule has 0 saturated carbocycles. The summed E-state index contributed by atoms with van der Waals surface area (Å²) in [6.45, 7) is 3.12. The number of aryl methyl sites for hydroxylation is 1. The molecule has 0 aliphatic heterocycles. The Kier molecular flexibility index (Phi) is 4.06. The van der Waals surface area contributed by atoms with E-state index in [2.05, 4.69) is 10.4 Å². The Morgan fingerprint density at radius 2 is 2.24 bits per heavy atom. The number of hydrogen-bond acceptors (Lipinski definition) is 3. The van der Waals surface area contributed by atoms with Crippen molar-refractivity contribution < 1.29 is 22.4 Å². The number of hydrogen-bond donors (Lipinski definition) is 1. The number of nitrogens with one attached hydrogen (secondary N) is 1. The lowest BCUT2D eigenvalue weighted by atomic mass is 10.3. The van der Waals surface area contributed by atoms with Gasteiger partial charge >= 0.3 is 6.18 Å². The van der Waals surface area contributed by atoms with Gasteiger partial charge in [0.05, 0.1) is 12.8 Å². The van der Waals surface area contributed by atoms with Gasteiger partial charge in [-0.3, -0.25) is 9.48 Å². The van der Waals surface area contributed by atoms with Crippen LogP contribution >= 0.6 is 0 Å². The predicted octanol–water partition coefficient (Wildman–Crippen LogP) is 2.68. The minimum atomic E-state index is -4.53. The molecule has 8 heteroatoms. The van der Waals surface area contributed by atoms with E-state index in [1.807, 2.05) is 0 Å². The van der Waals surface area contributed by atoms with Crippen molar-refractivity contribution in [3.05, 3.63) is 41.6 Å². The van der Waals surface area contributed by atoms with Crippen molar-refractivity contribution in [2.24, 2.45) is 0 Å². The fourth-order valence-electron chi connectivity index (χ4n) is 1.86. The van der Waals surface area contributed by atoms with Crippen LogP contribution in [0.5, 0.6) is 0 Å². The maximum atomic E-state index is 12.6. The highest BCUT2D eigenvalue weighted by atomic mass is 19.4. The number of aromatic nitrogens is 2. The van der Waals surface area contributed by atoms with Crippen molar-refractivity contribution in [3.63, 3.8) is 0 Å². The SMILES string of the molecule is Cc1cc(C(F)(F)F)nn1C(C)C(=O)NCc1ccco1. The molecule has 0 bridgehead atoms. The van der Waals surface area contributed by atoms with Crippen molar-refractivity contribution in [2.75, 3.05) is 0 Å². The Morgan fingerprint density at radius 3 is 2.76 bits per heavy atom. The van der Waals surface area contributed by atoms with Crippen LogP contribution in [0.3, 0.4) is 0 Å². The molecule has 0 aliphatic rings. The summed E-state index contributed by atoms with van der Waals surface area (Å²) in [5.74, 6) is 0.120. The van der Waals surface area contributed by atoms with Crippen molar-refractivity contribution in [1.82, 2.24) is 15.1 Å². The van der Waals surface area contributed by atoms with Crippen LogP contribution in [-0.4, -0.2) is 15.7 Å². The summed E-state index contributed by atoms with van der Waals surface area (Å²) in [5, 5.41) is 6.04. The average Bonchev–Trinajstić information content (AvgIpc) is 3.03. The number of alkyl halides is 3. The smallest absolute Gasteiger partial charge is 0.435 e. The minimum Gasteiger partial charge on any atom is -0.467 e. The normalized spacial score (nSPS) is 13.2. The summed E-state index contributed by atoms with van der Waals surface area (Å²) >= 11 is 0. The molecule has 0 aromatic carbocycles. The Labute approximate surface area is 118 Å². The molecule has 21 heavy (non-hydrogen) atoms. The van der Waals surface area contributed by atoms with Crippen molar-refractivity contribution in [2.45, 2.75) is 32.6 Å². The molecule has 0 aliphatic carbocycles. The number of halogens is 3. The lowest BCUT2D eigenvalue weighted by molar-refractivity contribution is -0.142. The second kappa shape index (κ2) is 5.63. The first-order valence-electron chi connectivity index (χ1n) is 6.22. The lowest BCUT2D eigenvalue weighted by Gasteiger charge is -2.14. The molecular weight excluding hydrogens is 287 g/mol. The van der Waals surface area contributed by atoms with Gasteiger partial charge < -0.3 is 9.73 Å². The molecule has 114 valence electrons. The first kappa shape index (κ1) is 15.1. The first-order chi connectivity index (χ1) is 9.79. The van der Waals surface area contributed by atoms with Crippen LogP contribution in [0.4, 0.5) is 13.2 Å². The fraction of sp³-hybridized carbons (Fsp3) is 0.385. The first-order valence-corrected chi connectivity index (χ1v) is 6.22. The molecule has 2 heterocycles. The summed E-state index contributed by atoms with van der Waals surface area (Å²) in [6, 6.07) is 3.43. The number of nitrogens with zero attached hydrogens (tertiary/aromatic N) is 2. The number of carbonyl (C=O) groups is 1. The van der Waals surface area contributed by atoms with Crippen LogP contribution in [0.15, 0.2) is 28.9 Å². The molecule has 0 radical (unpaired) electrons. The third kappa shape index (κ3) is 3.45. The Bertz CT molecular complexity index is 617. The van der Waals surface area contributed by atoms with E-state index < -0.39 is 23.8 Å². The monoisotopic (exact) mass is 301 g/mol. The Morgan fingerprint density at radius 1 is 1.52 bits per heavy atom. The predicted molar refractivity (Wildman–Crippen MR) is 67.2 cm³/mol. The molecule has 0 saturated heterocycles.